The van der Waals surface area contributed by atoms with Crippen LogP contribution >= 0.6 is 0 Å². The summed E-state index contributed by atoms with van der Waals surface area (Å²) in [5, 5.41) is 0. The van der Waals surface area contributed by atoms with Gasteiger partial charge in [-0.3, -0.25) is 10.9 Å². The van der Waals surface area contributed by atoms with Crippen LogP contribution in [-0.4, -0.2) is 26.4 Å². The molecule has 0 heterocycles. The molecule has 0 amide bonds. The zero-order valence-corrected chi connectivity index (χ0v) is 13.5. The van der Waals surface area contributed by atoms with Gasteiger partial charge in [-0.25, -0.2) is 4.39 Å². The Labute approximate surface area is 132 Å². The maximum Gasteiger partial charge on any atom is 0.165 e. The average molecular weight is 310 g/mol. The number of hydrogen-bond acceptors (Lipinski definition) is 4. The highest BCUT2D eigenvalue weighted by atomic mass is 19.1. The highest BCUT2D eigenvalue weighted by Gasteiger charge is 2.22. The van der Waals surface area contributed by atoms with E-state index in [0.717, 1.165) is 31.7 Å². The molecule has 0 aliphatic heterocycles. The third-order valence-corrected chi connectivity index (χ3v) is 3.74. The van der Waals surface area contributed by atoms with Gasteiger partial charge in [-0.05, 0) is 56.7 Å². The van der Waals surface area contributed by atoms with Gasteiger partial charge in [0.05, 0.1) is 6.61 Å². The summed E-state index contributed by atoms with van der Waals surface area (Å²) in [4.78, 5) is 0. The van der Waals surface area contributed by atoms with Crippen molar-refractivity contribution < 1.29 is 13.9 Å². The second-order valence-corrected chi connectivity index (χ2v) is 5.79. The van der Waals surface area contributed by atoms with E-state index < -0.39 is 0 Å². The van der Waals surface area contributed by atoms with Crippen LogP contribution in [0, 0.1) is 11.7 Å². The number of rotatable bonds is 11. The fourth-order valence-corrected chi connectivity index (χ4v) is 2.11. The minimum Gasteiger partial charge on any atom is -0.490 e. The summed E-state index contributed by atoms with van der Waals surface area (Å²) in [6, 6.07) is 5.14. The van der Waals surface area contributed by atoms with Gasteiger partial charge in [0.15, 0.2) is 11.6 Å². The number of ether oxygens (including phenoxy) is 2. The largest absolute Gasteiger partial charge is 0.490 e. The minimum absolute atomic E-state index is 0.0796. The molecule has 0 aromatic heterocycles. The Morgan fingerprint density at radius 3 is 2.91 bits per heavy atom. The third kappa shape index (κ3) is 5.91. The SMILES string of the molecule is CCOCCCNNC(C)c1ccc(F)c(OCC2CC2)c1. The van der Waals surface area contributed by atoms with Crippen LogP contribution in [0.3, 0.4) is 0 Å². The van der Waals surface area contributed by atoms with E-state index in [4.69, 9.17) is 9.47 Å². The van der Waals surface area contributed by atoms with Crippen molar-refractivity contribution in [2.75, 3.05) is 26.4 Å². The maximum absolute atomic E-state index is 13.8. The summed E-state index contributed by atoms with van der Waals surface area (Å²) >= 11 is 0. The summed E-state index contributed by atoms with van der Waals surface area (Å²) in [6.07, 6.45) is 3.35. The zero-order valence-electron chi connectivity index (χ0n) is 13.5. The number of halogens is 1. The molecule has 0 radical (unpaired) electrons. The van der Waals surface area contributed by atoms with E-state index in [1.807, 2.05) is 13.8 Å². The molecule has 1 aromatic carbocycles. The van der Waals surface area contributed by atoms with E-state index in [2.05, 4.69) is 10.9 Å². The summed E-state index contributed by atoms with van der Waals surface area (Å²) < 4.78 is 24.6. The molecule has 2 rings (SSSR count). The first-order valence-corrected chi connectivity index (χ1v) is 8.19. The fourth-order valence-electron chi connectivity index (χ4n) is 2.11. The second kappa shape index (κ2) is 9.08. The average Bonchev–Trinajstić information content (AvgIpc) is 3.34. The van der Waals surface area contributed by atoms with Crippen LogP contribution in [0.4, 0.5) is 4.39 Å². The van der Waals surface area contributed by atoms with E-state index in [-0.39, 0.29) is 11.9 Å². The van der Waals surface area contributed by atoms with E-state index in [9.17, 15) is 4.39 Å². The van der Waals surface area contributed by atoms with Gasteiger partial charge in [0, 0.05) is 25.8 Å². The van der Waals surface area contributed by atoms with Crippen molar-refractivity contribution in [3.63, 3.8) is 0 Å². The Morgan fingerprint density at radius 2 is 2.18 bits per heavy atom. The van der Waals surface area contributed by atoms with Crippen LogP contribution in [0.15, 0.2) is 18.2 Å². The second-order valence-electron chi connectivity index (χ2n) is 5.79. The molecule has 1 aliphatic rings. The van der Waals surface area contributed by atoms with Gasteiger partial charge >= 0.3 is 0 Å². The standard InChI is InChI=1S/C17H27FN2O2/c1-3-21-10-4-9-19-20-13(2)15-7-8-16(18)17(11-15)22-12-14-5-6-14/h7-8,11,13-14,19-20H,3-6,9-10,12H2,1-2H3. The van der Waals surface area contributed by atoms with Gasteiger partial charge in [-0.2, -0.15) is 0 Å². The number of benzene rings is 1. The Kier molecular flexibility index (Phi) is 7.09. The summed E-state index contributed by atoms with van der Waals surface area (Å²) in [6.45, 7) is 6.99. The molecular formula is C17H27FN2O2. The van der Waals surface area contributed by atoms with Crippen LogP contribution in [0.5, 0.6) is 5.75 Å². The van der Waals surface area contributed by atoms with Gasteiger partial charge in [-0.1, -0.05) is 6.07 Å². The minimum atomic E-state index is -0.290. The molecule has 22 heavy (non-hydrogen) atoms. The van der Waals surface area contributed by atoms with Crippen molar-refractivity contribution >= 4 is 0 Å². The van der Waals surface area contributed by atoms with Crippen molar-refractivity contribution in [2.24, 2.45) is 5.92 Å². The molecule has 1 aromatic rings. The Bertz CT molecular complexity index is 452. The van der Waals surface area contributed by atoms with Gasteiger partial charge in [0.2, 0.25) is 0 Å². The monoisotopic (exact) mass is 310 g/mol. The Balaban J connectivity index is 1.75. The molecule has 5 heteroatoms. The molecule has 1 aliphatic carbocycles. The van der Waals surface area contributed by atoms with E-state index in [0.29, 0.717) is 18.3 Å². The van der Waals surface area contributed by atoms with Crippen LogP contribution in [-0.2, 0) is 4.74 Å². The lowest BCUT2D eigenvalue weighted by Crippen LogP contribution is -2.35. The van der Waals surface area contributed by atoms with Gasteiger partial charge in [-0.15, -0.1) is 0 Å². The highest BCUT2D eigenvalue weighted by Crippen LogP contribution is 2.30. The number of hydrogen-bond donors (Lipinski definition) is 2. The van der Waals surface area contributed by atoms with Crippen LogP contribution < -0.4 is 15.6 Å². The molecule has 1 unspecified atom stereocenters. The summed E-state index contributed by atoms with van der Waals surface area (Å²) in [5.74, 6) is 0.682. The zero-order chi connectivity index (χ0) is 15.8. The van der Waals surface area contributed by atoms with Crippen molar-refractivity contribution in [3.8, 4) is 5.75 Å². The number of nitrogens with one attached hydrogen (secondary N) is 2. The maximum atomic E-state index is 13.8. The summed E-state index contributed by atoms with van der Waals surface area (Å²) in [7, 11) is 0. The highest BCUT2D eigenvalue weighted by molar-refractivity contribution is 5.32. The smallest absolute Gasteiger partial charge is 0.165 e. The molecule has 0 spiro atoms. The van der Waals surface area contributed by atoms with Crippen LogP contribution in [0.2, 0.25) is 0 Å². The lowest BCUT2D eigenvalue weighted by molar-refractivity contribution is 0.143. The molecular weight excluding hydrogens is 283 g/mol. The first kappa shape index (κ1) is 17.2. The van der Waals surface area contributed by atoms with Crippen molar-refractivity contribution in [1.82, 2.24) is 10.9 Å². The molecule has 1 saturated carbocycles. The first-order valence-electron chi connectivity index (χ1n) is 8.19. The fraction of sp³-hybridized carbons (Fsp3) is 0.647. The van der Waals surface area contributed by atoms with Crippen LogP contribution in [0.1, 0.15) is 44.7 Å². The van der Waals surface area contributed by atoms with Crippen molar-refractivity contribution in [3.05, 3.63) is 29.6 Å². The molecule has 1 atom stereocenters. The molecule has 4 nitrogen and oxygen atoms in total. The lowest BCUT2D eigenvalue weighted by atomic mass is 10.1. The van der Waals surface area contributed by atoms with Gasteiger partial charge in [0.25, 0.3) is 0 Å². The lowest BCUT2D eigenvalue weighted by Gasteiger charge is -2.17. The molecule has 0 bridgehead atoms. The quantitative estimate of drug-likeness (QED) is 0.486. The van der Waals surface area contributed by atoms with Crippen LogP contribution in [0.25, 0.3) is 0 Å². The predicted octanol–water partition coefficient (Wildman–Crippen LogP) is 3.20. The first-order chi connectivity index (χ1) is 10.7. The van der Waals surface area contributed by atoms with E-state index >= 15 is 0 Å². The van der Waals surface area contributed by atoms with E-state index in [1.165, 1.54) is 18.9 Å². The Hall–Kier alpha value is -1.17. The molecule has 1 fully saturated rings. The predicted molar refractivity (Wildman–Crippen MR) is 85.3 cm³/mol. The topological polar surface area (TPSA) is 42.5 Å². The normalized spacial score (nSPS) is 15.8. The van der Waals surface area contributed by atoms with Crippen molar-refractivity contribution in [1.29, 1.82) is 0 Å². The number of hydrazine groups is 1. The molecule has 124 valence electrons. The van der Waals surface area contributed by atoms with Gasteiger partial charge < -0.3 is 9.47 Å². The Morgan fingerprint density at radius 1 is 1.36 bits per heavy atom. The van der Waals surface area contributed by atoms with Gasteiger partial charge in [0.1, 0.15) is 0 Å². The summed E-state index contributed by atoms with van der Waals surface area (Å²) in [5.41, 5.74) is 7.39. The van der Waals surface area contributed by atoms with E-state index in [1.54, 1.807) is 12.1 Å². The molecule has 0 saturated heterocycles. The van der Waals surface area contributed by atoms with Crippen molar-refractivity contribution in [2.45, 2.75) is 39.2 Å². The third-order valence-electron chi connectivity index (χ3n) is 3.74. The molecule has 2 N–H and O–H groups in total.